The Morgan fingerprint density at radius 1 is 1.39 bits per heavy atom. The van der Waals surface area contributed by atoms with Gasteiger partial charge in [0, 0.05) is 50.4 Å². The molecule has 8 heteroatoms. The summed E-state index contributed by atoms with van der Waals surface area (Å²) in [5.74, 6) is 2.05. The molecule has 0 amide bonds. The van der Waals surface area contributed by atoms with Crippen molar-refractivity contribution in [2.45, 2.75) is 25.2 Å². The minimum absolute atomic E-state index is 0.314. The van der Waals surface area contributed by atoms with Gasteiger partial charge in [0.1, 0.15) is 18.3 Å². The van der Waals surface area contributed by atoms with Crippen LogP contribution in [0.4, 0.5) is 10.2 Å². The standard InChI is InChI=1S/C15H24FN7/c16-3-4-22-5-7-23(8-6-22)14(18)10-13(17)19-15-9-12(20-21-15)11-1-2-11/h9,11,18H,1-8,10H2,(H3,17,19,20,21). The average molecular weight is 321 g/mol. The zero-order valence-corrected chi connectivity index (χ0v) is 13.3. The van der Waals surface area contributed by atoms with E-state index in [1.807, 2.05) is 11.0 Å². The number of aliphatic imine (C=N–C) groups is 1. The number of amidine groups is 2. The van der Waals surface area contributed by atoms with E-state index < -0.39 is 0 Å². The fraction of sp³-hybridized carbons (Fsp3) is 0.667. The smallest absolute Gasteiger partial charge is 0.175 e. The number of aromatic nitrogens is 2. The van der Waals surface area contributed by atoms with Crippen LogP contribution in [0.25, 0.3) is 0 Å². The predicted octanol–water partition coefficient (Wildman–Crippen LogP) is 1.23. The molecule has 3 rings (SSSR count). The fourth-order valence-corrected chi connectivity index (χ4v) is 2.82. The molecule has 7 nitrogen and oxygen atoms in total. The first kappa shape index (κ1) is 15.9. The van der Waals surface area contributed by atoms with Gasteiger partial charge in [0.05, 0.1) is 6.42 Å². The van der Waals surface area contributed by atoms with E-state index in [0.29, 0.717) is 36.4 Å². The molecule has 0 aromatic carbocycles. The van der Waals surface area contributed by atoms with Crippen molar-refractivity contribution in [2.24, 2.45) is 10.7 Å². The van der Waals surface area contributed by atoms with Crippen LogP contribution in [0.1, 0.15) is 30.9 Å². The summed E-state index contributed by atoms with van der Waals surface area (Å²) in [6, 6.07) is 1.93. The summed E-state index contributed by atoms with van der Waals surface area (Å²) in [4.78, 5) is 8.35. The molecular formula is C15H24FN7. The third kappa shape index (κ3) is 4.28. The molecule has 1 aliphatic carbocycles. The lowest BCUT2D eigenvalue weighted by atomic mass is 10.2. The van der Waals surface area contributed by atoms with Crippen LogP contribution < -0.4 is 5.73 Å². The van der Waals surface area contributed by atoms with E-state index >= 15 is 0 Å². The molecule has 1 aromatic heterocycles. The Morgan fingerprint density at radius 2 is 2.13 bits per heavy atom. The quantitative estimate of drug-likeness (QED) is 0.542. The van der Waals surface area contributed by atoms with E-state index in [2.05, 4.69) is 20.1 Å². The number of H-pyrrole nitrogens is 1. The second kappa shape index (κ2) is 7.08. The molecule has 0 spiro atoms. The lowest BCUT2D eigenvalue weighted by molar-refractivity contribution is 0.170. The van der Waals surface area contributed by atoms with Crippen molar-refractivity contribution in [3.63, 3.8) is 0 Å². The predicted molar refractivity (Wildman–Crippen MR) is 88.2 cm³/mol. The molecule has 1 saturated heterocycles. The third-order valence-electron chi connectivity index (χ3n) is 4.36. The molecule has 0 atom stereocenters. The maximum absolute atomic E-state index is 12.3. The first-order valence-corrected chi connectivity index (χ1v) is 8.14. The van der Waals surface area contributed by atoms with Crippen molar-refractivity contribution < 1.29 is 4.39 Å². The van der Waals surface area contributed by atoms with Crippen molar-refractivity contribution in [3.8, 4) is 0 Å². The van der Waals surface area contributed by atoms with E-state index in [0.717, 1.165) is 31.9 Å². The lowest BCUT2D eigenvalue weighted by Gasteiger charge is -2.35. The molecule has 4 N–H and O–H groups in total. The average Bonchev–Trinajstić information content (AvgIpc) is 3.28. The second-order valence-corrected chi connectivity index (χ2v) is 6.20. The van der Waals surface area contributed by atoms with Gasteiger partial charge in [-0.2, -0.15) is 5.10 Å². The Balaban J connectivity index is 1.49. The monoisotopic (exact) mass is 321 g/mol. The molecule has 0 bridgehead atoms. The molecular weight excluding hydrogens is 297 g/mol. The molecule has 0 radical (unpaired) electrons. The molecule has 126 valence electrons. The zero-order valence-electron chi connectivity index (χ0n) is 13.3. The molecule has 2 aliphatic rings. The number of nitrogens with one attached hydrogen (secondary N) is 2. The van der Waals surface area contributed by atoms with Crippen molar-refractivity contribution >= 4 is 17.5 Å². The van der Waals surface area contributed by atoms with Crippen LogP contribution in [-0.2, 0) is 0 Å². The Bertz CT molecular complexity index is 570. The Morgan fingerprint density at radius 3 is 2.78 bits per heavy atom. The van der Waals surface area contributed by atoms with Gasteiger partial charge in [-0.05, 0) is 12.8 Å². The van der Waals surface area contributed by atoms with Gasteiger partial charge in [-0.25, -0.2) is 9.38 Å². The molecule has 2 heterocycles. The number of hydrogen-bond acceptors (Lipinski definition) is 4. The van der Waals surface area contributed by atoms with Crippen LogP contribution in [-0.4, -0.2) is 71.1 Å². The molecule has 23 heavy (non-hydrogen) atoms. The molecule has 1 aliphatic heterocycles. The SMILES string of the molecule is N=C(CC(N)=Nc1cc(C2CC2)[nH]n1)N1CCN(CCF)CC1. The van der Waals surface area contributed by atoms with E-state index in [9.17, 15) is 4.39 Å². The highest BCUT2D eigenvalue weighted by Gasteiger charge is 2.25. The van der Waals surface area contributed by atoms with Crippen LogP contribution in [0.15, 0.2) is 11.1 Å². The minimum Gasteiger partial charge on any atom is -0.387 e. The lowest BCUT2D eigenvalue weighted by Crippen LogP contribution is -2.49. The summed E-state index contributed by atoms with van der Waals surface area (Å²) < 4.78 is 12.3. The van der Waals surface area contributed by atoms with Gasteiger partial charge in [-0.1, -0.05) is 0 Å². The maximum Gasteiger partial charge on any atom is 0.175 e. The van der Waals surface area contributed by atoms with Crippen molar-refractivity contribution in [1.82, 2.24) is 20.0 Å². The van der Waals surface area contributed by atoms with Crippen LogP contribution >= 0.6 is 0 Å². The molecule has 1 aromatic rings. The molecule has 2 fully saturated rings. The van der Waals surface area contributed by atoms with Gasteiger partial charge in [0.25, 0.3) is 0 Å². The third-order valence-corrected chi connectivity index (χ3v) is 4.36. The van der Waals surface area contributed by atoms with Gasteiger partial charge in [0.2, 0.25) is 0 Å². The number of halogens is 1. The zero-order chi connectivity index (χ0) is 16.2. The Labute approximate surface area is 135 Å². The summed E-state index contributed by atoms with van der Waals surface area (Å²) in [6.45, 7) is 3.21. The summed E-state index contributed by atoms with van der Waals surface area (Å²) in [7, 11) is 0. The maximum atomic E-state index is 12.3. The Kier molecular flexibility index (Phi) is 4.90. The summed E-state index contributed by atoms with van der Waals surface area (Å²) in [5, 5.41) is 15.3. The highest BCUT2D eigenvalue weighted by molar-refractivity contribution is 6.01. The highest BCUT2D eigenvalue weighted by Crippen LogP contribution is 2.39. The van der Waals surface area contributed by atoms with Gasteiger partial charge in [-0.15, -0.1) is 0 Å². The van der Waals surface area contributed by atoms with Crippen LogP contribution in [0.5, 0.6) is 0 Å². The van der Waals surface area contributed by atoms with E-state index in [1.54, 1.807) is 0 Å². The number of nitrogens with two attached hydrogens (primary N) is 1. The first-order chi connectivity index (χ1) is 11.2. The van der Waals surface area contributed by atoms with Crippen LogP contribution in [0.2, 0.25) is 0 Å². The van der Waals surface area contributed by atoms with Crippen molar-refractivity contribution in [1.29, 1.82) is 5.41 Å². The summed E-state index contributed by atoms with van der Waals surface area (Å²) in [5.41, 5.74) is 7.08. The molecule has 1 saturated carbocycles. The highest BCUT2D eigenvalue weighted by atomic mass is 19.1. The summed E-state index contributed by atoms with van der Waals surface area (Å²) in [6.07, 6.45) is 2.73. The summed E-state index contributed by atoms with van der Waals surface area (Å²) >= 11 is 0. The topological polar surface area (TPSA) is 97.4 Å². The normalized spacial score (nSPS) is 20.0. The van der Waals surface area contributed by atoms with Crippen molar-refractivity contribution in [3.05, 3.63) is 11.8 Å². The Hall–Kier alpha value is -1.96. The number of rotatable bonds is 6. The van der Waals surface area contributed by atoms with Crippen LogP contribution in [0.3, 0.4) is 0 Å². The fourth-order valence-electron chi connectivity index (χ4n) is 2.82. The largest absolute Gasteiger partial charge is 0.387 e. The minimum atomic E-state index is -0.316. The number of nitrogens with zero attached hydrogens (tertiary/aromatic N) is 4. The molecule has 0 unspecified atom stereocenters. The number of hydrogen-bond donors (Lipinski definition) is 3. The first-order valence-electron chi connectivity index (χ1n) is 8.14. The van der Waals surface area contributed by atoms with Gasteiger partial charge in [0.15, 0.2) is 5.82 Å². The number of piperazine rings is 1. The van der Waals surface area contributed by atoms with E-state index in [4.69, 9.17) is 11.1 Å². The van der Waals surface area contributed by atoms with Crippen molar-refractivity contribution in [2.75, 3.05) is 39.4 Å². The van der Waals surface area contributed by atoms with Gasteiger partial charge < -0.3 is 10.6 Å². The van der Waals surface area contributed by atoms with Gasteiger partial charge in [-0.3, -0.25) is 15.4 Å². The number of aromatic amines is 1. The van der Waals surface area contributed by atoms with Gasteiger partial charge >= 0.3 is 0 Å². The van der Waals surface area contributed by atoms with E-state index in [-0.39, 0.29) is 6.67 Å². The van der Waals surface area contributed by atoms with E-state index in [1.165, 1.54) is 12.8 Å². The second-order valence-electron chi connectivity index (χ2n) is 6.20. The van der Waals surface area contributed by atoms with Crippen LogP contribution in [0, 0.1) is 5.41 Å². The number of alkyl halides is 1.